The van der Waals surface area contributed by atoms with E-state index in [1.165, 1.54) is 18.4 Å². The van der Waals surface area contributed by atoms with Crippen molar-refractivity contribution in [3.05, 3.63) is 76.2 Å². The van der Waals surface area contributed by atoms with Crippen LogP contribution < -0.4 is 10.1 Å². The molecule has 1 amide bonds. The summed E-state index contributed by atoms with van der Waals surface area (Å²) >= 11 is 1.45. The fourth-order valence-corrected chi connectivity index (χ4v) is 4.88. The smallest absolute Gasteiger partial charge is 0.341 e. The highest BCUT2D eigenvalue weighted by Crippen LogP contribution is 2.38. The highest BCUT2D eigenvalue weighted by Gasteiger charge is 2.29. The van der Waals surface area contributed by atoms with E-state index in [9.17, 15) is 9.59 Å². The summed E-state index contributed by atoms with van der Waals surface area (Å²) in [5.41, 5.74) is 1.96. The molecule has 0 saturated carbocycles. The van der Waals surface area contributed by atoms with Gasteiger partial charge in [0.2, 0.25) is 0 Å². The van der Waals surface area contributed by atoms with Gasteiger partial charge < -0.3 is 14.8 Å². The Bertz CT molecular complexity index is 1080. The fourth-order valence-electron chi connectivity index (χ4n) is 3.61. The summed E-state index contributed by atoms with van der Waals surface area (Å²) in [7, 11) is 1.37. The van der Waals surface area contributed by atoms with Crippen LogP contribution in [0.15, 0.2) is 54.6 Å². The molecule has 0 bridgehead atoms. The van der Waals surface area contributed by atoms with Gasteiger partial charge in [-0.1, -0.05) is 25.1 Å². The number of halogens is 1. The van der Waals surface area contributed by atoms with Crippen LogP contribution in [0.4, 0.5) is 5.00 Å². The molecule has 2 aromatic carbocycles. The number of fused-ring (bicyclic) bond motifs is 1. The second-order valence-corrected chi connectivity index (χ2v) is 8.32. The van der Waals surface area contributed by atoms with E-state index in [0.717, 1.165) is 42.2 Å². The number of hydrogen-bond acceptors (Lipinski definition) is 6. The fraction of sp³-hybridized carbons (Fsp3) is 0.250. The summed E-state index contributed by atoms with van der Waals surface area (Å²) in [6.07, 6.45) is 0.769. The average molecular weight is 473 g/mol. The van der Waals surface area contributed by atoms with Gasteiger partial charge in [-0.15, -0.1) is 23.7 Å². The molecule has 1 N–H and O–H groups in total. The Morgan fingerprint density at radius 2 is 1.75 bits per heavy atom. The highest BCUT2D eigenvalue weighted by molar-refractivity contribution is 7.17. The molecule has 1 aliphatic heterocycles. The van der Waals surface area contributed by atoms with Gasteiger partial charge in [-0.25, -0.2) is 4.79 Å². The van der Waals surface area contributed by atoms with Gasteiger partial charge in [0.25, 0.3) is 5.91 Å². The lowest BCUT2D eigenvalue weighted by Gasteiger charge is -2.25. The van der Waals surface area contributed by atoms with Crippen LogP contribution in [0.25, 0.3) is 0 Å². The monoisotopic (exact) mass is 472 g/mol. The number of carbonyl (C=O) groups is 2. The minimum atomic E-state index is -0.413. The van der Waals surface area contributed by atoms with Crippen molar-refractivity contribution < 1.29 is 19.1 Å². The zero-order chi connectivity index (χ0) is 21.8. The third-order valence-corrected chi connectivity index (χ3v) is 6.43. The van der Waals surface area contributed by atoms with Gasteiger partial charge >= 0.3 is 5.97 Å². The lowest BCUT2D eigenvalue weighted by molar-refractivity contribution is 0.0600. The molecule has 1 aliphatic rings. The third-order valence-electron chi connectivity index (χ3n) is 5.30. The quantitative estimate of drug-likeness (QED) is 0.488. The average Bonchev–Trinajstić information content (AvgIpc) is 3.16. The molecule has 3 aromatic rings. The first-order valence-electron chi connectivity index (χ1n) is 10.2. The molecule has 8 heteroatoms. The molecular weight excluding hydrogens is 448 g/mol. The SMILES string of the molecule is CCN1CCc2c(sc(NC(=O)c3ccc(Oc4ccccc4)cc3)c2C(=O)OC)C1.Cl. The summed E-state index contributed by atoms with van der Waals surface area (Å²) in [5.74, 6) is 0.684. The summed E-state index contributed by atoms with van der Waals surface area (Å²) in [6, 6.07) is 16.4. The van der Waals surface area contributed by atoms with Gasteiger partial charge in [-0.2, -0.15) is 0 Å². The molecule has 1 aromatic heterocycles. The van der Waals surface area contributed by atoms with Crippen LogP contribution in [0.5, 0.6) is 11.5 Å². The van der Waals surface area contributed by atoms with Crippen LogP contribution in [0, 0.1) is 0 Å². The first-order valence-corrected chi connectivity index (χ1v) is 11.0. The third kappa shape index (κ3) is 5.12. The van der Waals surface area contributed by atoms with Crippen molar-refractivity contribution in [1.29, 1.82) is 0 Å². The Hall–Kier alpha value is -2.87. The number of para-hydroxylation sites is 1. The van der Waals surface area contributed by atoms with Crippen LogP contribution in [-0.2, 0) is 17.7 Å². The molecule has 0 atom stereocenters. The van der Waals surface area contributed by atoms with E-state index in [-0.39, 0.29) is 18.3 Å². The number of amides is 1. The van der Waals surface area contributed by atoms with Gasteiger partial charge in [-0.3, -0.25) is 9.69 Å². The van der Waals surface area contributed by atoms with E-state index in [1.54, 1.807) is 24.3 Å². The first-order chi connectivity index (χ1) is 15.1. The summed E-state index contributed by atoms with van der Waals surface area (Å²) in [5, 5.41) is 3.47. The van der Waals surface area contributed by atoms with Crippen molar-refractivity contribution >= 4 is 40.6 Å². The molecule has 0 saturated heterocycles. The standard InChI is InChI=1S/C24H24N2O4S.ClH/c1-3-26-14-13-19-20(15-26)31-23(21(19)24(28)29-2)25-22(27)16-9-11-18(12-10-16)30-17-7-5-4-6-8-17;/h4-12H,3,13-15H2,1-2H3,(H,25,27);1H. The summed E-state index contributed by atoms with van der Waals surface area (Å²) in [6.45, 7) is 4.74. The second kappa shape index (κ2) is 10.6. The molecule has 6 nitrogen and oxygen atoms in total. The van der Waals surface area contributed by atoms with Crippen molar-refractivity contribution in [3.8, 4) is 11.5 Å². The van der Waals surface area contributed by atoms with Gasteiger partial charge in [0.1, 0.15) is 16.5 Å². The Morgan fingerprint density at radius 1 is 1.06 bits per heavy atom. The van der Waals surface area contributed by atoms with E-state index in [2.05, 4.69) is 17.1 Å². The minimum Gasteiger partial charge on any atom is -0.465 e. The molecule has 4 rings (SSSR count). The van der Waals surface area contributed by atoms with Gasteiger partial charge in [0.05, 0.1) is 12.7 Å². The van der Waals surface area contributed by atoms with Crippen LogP contribution in [0.1, 0.15) is 38.1 Å². The number of thiophene rings is 1. The first kappa shape index (κ1) is 23.8. The molecule has 0 aliphatic carbocycles. The van der Waals surface area contributed by atoms with Gasteiger partial charge in [0.15, 0.2) is 0 Å². The summed E-state index contributed by atoms with van der Waals surface area (Å²) in [4.78, 5) is 28.8. The van der Waals surface area contributed by atoms with E-state index >= 15 is 0 Å². The van der Waals surface area contributed by atoms with Gasteiger partial charge in [0, 0.05) is 23.5 Å². The number of likely N-dealkylation sites (N-methyl/N-ethyl adjacent to an activating group) is 1. The van der Waals surface area contributed by atoms with Crippen LogP contribution in [-0.4, -0.2) is 37.0 Å². The van der Waals surface area contributed by atoms with Crippen molar-refractivity contribution in [2.24, 2.45) is 0 Å². The number of nitrogens with one attached hydrogen (secondary N) is 1. The van der Waals surface area contributed by atoms with Crippen molar-refractivity contribution in [2.75, 3.05) is 25.5 Å². The number of hydrogen-bond donors (Lipinski definition) is 1. The second-order valence-electron chi connectivity index (χ2n) is 7.21. The molecule has 32 heavy (non-hydrogen) atoms. The largest absolute Gasteiger partial charge is 0.465 e. The maximum Gasteiger partial charge on any atom is 0.341 e. The molecular formula is C24H25ClN2O4S. The molecule has 0 unspecified atom stereocenters. The lowest BCUT2D eigenvalue weighted by atomic mass is 10.0. The lowest BCUT2D eigenvalue weighted by Crippen LogP contribution is -2.29. The van der Waals surface area contributed by atoms with Crippen LogP contribution in [0.2, 0.25) is 0 Å². The minimum absolute atomic E-state index is 0. The van der Waals surface area contributed by atoms with E-state index in [0.29, 0.717) is 21.9 Å². The van der Waals surface area contributed by atoms with Crippen molar-refractivity contribution in [2.45, 2.75) is 19.9 Å². The molecule has 0 spiro atoms. The van der Waals surface area contributed by atoms with Gasteiger partial charge in [-0.05, 0) is 54.9 Å². The number of carbonyl (C=O) groups excluding carboxylic acids is 2. The van der Waals surface area contributed by atoms with E-state index in [1.807, 2.05) is 30.3 Å². The maximum absolute atomic E-state index is 12.9. The number of rotatable bonds is 6. The Balaban J connectivity index is 0.00000289. The number of methoxy groups -OCH3 is 1. The van der Waals surface area contributed by atoms with Crippen LogP contribution in [0.3, 0.4) is 0 Å². The Labute approximate surface area is 197 Å². The molecule has 0 radical (unpaired) electrons. The molecule has 0 fully saturated rings. The zero-order valence-electron chi connectivity index (χ0n) is 17.9. The van der Waals surface area contributed by atoms with E-state index < -0.39 is 5.97 Å². The Kier molecular flexibility index (Phi) is 7.90. The number of ether oxygens (including phenoxy) is 2. The predicted octanol–water partition coefficient (Wildman–Crippen LogP) is 5.38. The normalized spacial score (nSPS) is 12.9. The maximum atomic E-state index is 12.9. The molecule has 2 heterocycles. The number of nitrogens with zero attached hydrogens (tertiary/aromatic N) is 1. The Morgan fingerprint density at radius 3 is 2.41 bits per heavy atom. The predicted molar refractivity (Wildman–Crippen MR) is 128 cm³/mol. The zero-order valence-corrected chi connectivity index (χ0v) is 19.6. The number of esters is 1. The van der Waals surface area contributed by atoms with Crippen molar-refractivity contribution in [3.63, 3.8) is 0 Å². The van der Waals surface area contributed by atoms with E-state index in [4.69, 9.17) is 9.47 Å². The topological polar surface area (TPSA) is 67.9 Å². The highest BCUT2D eigenvalue weighted by atomic mass is 35.5. The molecule has 168 valence electrons. The van der Waals surface area contributed by atoms with Crippen LogP contribution >= 0.6 is 23.7 Å². The van der Waals surface area contributed by atoms with Crippen molar-refractivity contribution in [1.82, 2.24) is 4.90 Å². The number of benzene rings is 2. The summed E-state index contributed by atoms with van der Waals surface area (Å²) < 4.78 is 10.8. The number of anilines is 1.